The summed E-state index contributed by atoms with van der Waals surface area (Å²) in [5.41, 5.74) is -0.535. The van der Waals surface area contributed by atoms with Gasteiger partial charge in [0.15, 0.2) is 4.75 Å². The van der Waals surface area contributed by atoms with E-state index in [0.29, 0.717) is 5.02 Å². The summed E-state index contributed by atoms with van der Waals surface area (Å²) in [5.74, 6) is -1.07. The molecule has 3 aromatic carbocycles. The standard InChI is InChI=1S/C19H12Cl4O5S/c20-11-6-4-10(5-7-11)19(29(26,27)28,12-2-1-3-14(21)18(12)25)13-8-17(24)16(23)9-15(13)22/h1-9,24-25H,(H,26,27,28). The van der Waals surface area contributed by atoms with Crippen molar-refractivity contribution in [2.75, 3.05) is 0 Å². The molecule has 0 aliphatic rings. The van der Waals surface area contributed by atoms with E-state index in [4.69, 9.17) is 46.4 Å². The molecule has 5 nitrogen and oxygen atoms in total. The molecule has 0 saturated heterocycles. The van der Waals surface area contributed by atoms with E-state index in [9.17, 15) is 23.2 Å². The summed E-state index contributed by atoms with van der Waals surface area (Å²) in [6, 6.07) is 11.7. The number of aromatic hydroxyl groups is 2. The molecule has 0 radical (unpaired) electrons. The molecule has 1 atom stereocenters. The molecule has 0 aromatic heterocycles. The van der Waals surface area contributed by atoms with Gasteiger partial charge in [-0.25, -0.2) is 0 Å². The number of hydrogen-bond acceptors (Lipinski definition) is 4. The quantitative estimate of drug-likeness (QED) is 0.311. The highest BCUT2D eigenvalue weighted by atomic mass is 35.5. The van der Waals surface area contributed by atoms with Crippen molar-refractivity contribution in [3.05, 3.63) is 91.4 Å². The Morgan fingerprint density at radius 3 is 1.97 bits per heavy atom. The smallest absolute Gasteiger partial charge is 0.283 e. The van der Waals surface area contributed by atoms with Crippen LogP contribution < -0.4 is 0 Å². The van der Waals surface area contributed by atoms with Gasteiger partial charge in [0.25, 0.3) is 10.1 Å². The molecule has 0 amide bonds. The van der Waals surface area contributed by atoms with Crippen LogP contribution in [0.1, 0.15) is 16.7 Å². The highest BCUT2D eigenvalue weighted by Gasteiger charge is 2.51. The predicted octanol–water partition coefficient (Wildman–Crippen LogP) is 5.89. The SMILES string of the molecule is O=S(=O)(O)C(c1ccc(Cl)cc1)(c1cc(O)c(Cl)cc1Cl)c1cccc(Cl)c1O. The Morgan fingerprint density at radius 1 is 0.759 bits per heavy atom. The maximum absolute atomic E-state index is 12.9. The first-order valence-corrected chi connectivity index (χ1v) is 10.8. The van der Waals surface area contributed by atoms with Crippen LogP contribution in [0.5, 0.6) is 11.5 Å². The van der Waals surface area contributed by atoms with Gasteiger partial charge >= 0.3 is 0 Å². The highest BCUT2D eigenvalue weighted by Crippen LogP contribution is 2.51. The lowest BCUT2D eigenvalue weighted by molar-refractivity contribution is 0.439. The first-order chi connectivity index (χ1) is 13.5. The number of rotatable bonds is 4. The predicted molar refractivity (Wildman–Crippen MR) is 114 cm³/mol. The average Bonchev–Trinajstić information content (AvgIpc) is 2.63. The Kier molecular flexibility index (Phi) is 5.98. The first kappa shape index (κ1) is 22.0. The van der Waals surface area contributed by atoms with Gasteiger partial charge in [0.2, 0.25) is 0 Å². The van der Waals surface area contributed by atoms with E-state index in [1.807, 2.05) is 0 Å². The molecule has 0 heterocycles. The lowest BCUT2D eigenvalue weighted by Gasteiger charge is -2.34. The Bertz CT molecular complexity index is 1200. The Morgan fingerprint density at radius 2 is 1.38 bits per heavy atom. The largest absolute Gasteiger partial charge is 0.506 e. The van der Waals surface area contributed by atoms with Crippen molar-refractivity contribution in [3.8, 4) is 11.5 Å². The Labute approximate surface area is 186 Å². The maximum Gasteiger partial charge on any atom is 0.283 e. The van der Waals surface area contributed by atoms with E-state index in [0.717, 1.165) is 12.1 Å². The van der Waals surface area contributed by atoms with Gasteiger partial charge in [-0.15, -0.1) is 0 Å². The summed E-state index contributed by atoms with van der Waals surface area (Å²) in [4.78, 5) is 0. The monoisotopic (exact) mass is 492 g/mol. The minimum Gasteiger partial charge on any atom is -0.506 e. The fraction of sp³-hybridized carbons (Fsp3) is 0.0526. The van der Waals surface area contributed by atoms with E-state index in [1.54, 1.807) is 0 Å². The molecule has 0 bridgehead atoms. The van der Waals surface area contributed by atoms with Crippen LogP contribution in [0.2, 0.25) is 20.1 Å². The minimum atomic E-state index is -5.09. The number of halogens is 4. The molecule has 0 spiro atoms. The van der Waals surface area contributed by atoms with Crippen LogP contribution in [0.3, 0.4) is 0 Å². The Hall–Kier alpha value is -1.67. The van der Waals surface area contributed by atoms with Gasteiger partial charge in [-0.1, -0.05) is 70.7 Å². The van der Waals surface area contributed by atoms with Crippen LogP contribution in [0.15, 0.2) is 54.6 Å². The average molecular weight is 494 g/mol. The van der Waals surface area contributed by atoms with Gasteiger partial charge in [-0.3, -0.25) is 4.55 Å². The summed E-state index contributed by atoms with van der Waals surface area (Å²) in [6.07, 6.45) is 0. The van der Waals surface area contributed by atoms with Crippen molar-refractivity contribution in [3.63, 3.8) is 0 Å². The molecule has 10 heteroatoms. The van der Waals surface area contributed by atoms with Crippen LogP contribution in [0.4, 0.5) is 0 Å². The van der Waals surface area contributed by atoms with Crippen molar-refractivity contribution in [2.45, 2.75) is 4.75 Å². The van der Waals surface area contributed by atoms with E-state index in [2.05, 4.69) is 0 Å². The Balaban J connectivity index is 2.61. The zero-order valence-electron chi connectivity index (χ0n) is 14.3. The maximum atomic E-state index is 12.9. The van der Waals surface area contributed by atoms with Crippen molar-refractivity contribution in [1.82, 2.24) is 0 Å². The third-order valence-corrected chi connectivity index (χ3v) is 7.04. The molecule has 0 fully saturated rings. The third-order valence-electron chi connectivity index (χ3n) is 4.42. The number of benzene rings is 3. The molecule has 29 heavy (non-hydrogen) atoms. The molecular formula is C19H12Cl4O5S. The van der Waals surface area contributed by atoms with Crippen molar-refractivity contribution < 1.29 is 23.2 Å². The summed E-state index contributed by atoms with van der Waals surface area (Å²) in [7, 11) is -5.09. The second kappa shape index (κ2) is 7.87. The van der Waals surface area contributed by atoms with Gasteiger partial charge in [-0.05, 0) is 35.9 Å². The van der Waals surface area contributed by atoms with Gasteiger partial charge in [-0.2, -0.15) is 8.42 Å². The van der Waals surface area contributed by atoms with E-state index < -0.39 is 26.4 Å². The van der Waals surface area contributed by atoms with E-state index >= 15 is 0 Å². The molecular weight excluding hydrogens is 482 g/mol. The fourth-order valence-corrected chi connectivity index (χ4v) is 5.38. The van der Waals surface area contributed by atoms with E-state index in [1.165, 1.54) is 42.5 Å². The zero-order chi connectivity index (χ0) is 21.6. The first-order valence-electron chi connectivity index (χ1n) is 7.89. The molecule has 0 aliphatic carbocycles. The summed E-state index contributed by atoms with van der Waals surface area (Å²) in [5, 5.41) is 20.6. The highest BCUT2D eigenvalue weighted by molar-refractivity contribution is 7.87. The topological polar surface area (TPSA) is 94.8 Å². The number of phenols is 2. The fourth-order valence-electron chi connectivity index (χ4n) is 3.17. The number of para-hydroxylation sites is 1. The zero-order valence-corrected chi connectivity index (χ0v) is 18.1. The summed E-state index contributed by atoms with van der Waals surface area (Å²) >= 11 is 24.1. The lowest BCUT2D eigenvalue weighted by atomic mass is 9.83. The summed E-state index contributed by atoms with van der Waals surface area (Å²) in [6.45, 7) is 0. The lowest BCUT2D eigenvalue weighted by Crippen LogP contribution is -2.38. The minimum absolute atomic E-state index is 0.00871. The van der Waals surface area contributed by atoms with Crippen molar-refractivity contribution in [1.29, 1.82) is 0 Å². The van der Waals surface area contributed by atoms with Gasteiger partial charge in [0, 0.05) is 21.2 Å². The van der Waals surface area contributed by atoms with Crippen LogP contribution in [-0.4, -0.2) is 23.2 Å². The normalized spacial score (nSPS) is 13.8. The van der Waals surface area contributed by atoms with E-state index in [-0.39, 0.29) is 31.8 Å². The second-order valence-corrected chi connectivity index (χ2v) is 9.30. The molecule has 152 valence electrons. The van der Waals surface area contributed by atoms with Crippen LogP contribution in [-0.2, 0) is 14.9 Å². The summed E-state index contributed by atoms with van der Waals surface area (Å²) < 4.78 is 33.9. The van der Waals surface area contributed by atoms with Gasteiger partial charge in [0.05, 0.1) is 10.0 Å². The molecule has 1 unspecified atom stereocenters. The van der Waals surface area contributed by atoms with Gasteiger partial charge in [0.1, 0.15) is 11.5 Å². The molecule has 3 rings (SSSR count). The van der Waals surface area contributed by atoms with Crippen molar-refractivity contribution in [2.24, 2.45) is 0 Å². The van der Waals surface area contributed by atoms with Crippen LogP contribution in [0.25, 0.3) is 0 Å². The van der Waals surface area contributed by atoms with Crippen LogP contribution in [0, 0.1) is 0 Å². The van der Waals surface area contributed by atoms with Crippen molar-refractivity contribution >= 4 is 56.5 Å². The third kappa shape index (κ3) is 3.65. The van der Waals surface area contributed by atoms with Gasteiger partial charge < -0.3 is 10.2 Å². The molecule has 0 aliphatic heterocycles. The number of hydrogen-bond donors (Lipinski definition) is 3. The molecule has 3 aromatic rings. The van der Waals surface area contributed by atoms with Crippen LogP contribution >= 0.6 is 46.4 Å². The second-order valence-electron chi connectivity index (χ2n) is 6.08. The molecule has 3 N–H and O–H groups in total. The molecule has 0 saturated carbocycles. The number of phenolic OH excluding ortho intramolecular Hbond substituents is 2.